The summed E-state index contributed by atoms with van der Waals surface area (Å²) in [6, 6.07) is 0. The molecule has 62 valence electrons. The smallest absolute Gasteiger partial charge is 0.386 e. The Morgan fingerprint density at radius 2 is 1.73 bits per heavy atom. The van der Waals surface area contributed by atoms with Crippen molar-refractivity contribution in [3.8, 4) is 0 Å². The van der Waals surface area contributed by atoms with Crippen LogP contribution in [0.1, 0.15) is 6.92 Å². The molecule has 0 aromatic carbocycles. The van der Waals surface area contributed by atoms with Gasteiger partial charge in [-0.15, -0.1) is 0 Å². The predicted molar refractivity (Wildman–Crippen MR) is 33.7 cm³/mol. The van der Waals surface area contributed by atoms with E-state index >= 15 is 0 Å². The Morgan fingerprint density at radius 3 is 2.09 bits per heavy atom. The lowest BCUT2D eigenvalue weighted by molar-refractivity contribution is -0.163. The van der Waals surface area contributed by atoms with Gasteiger partial charge >= 0.3 is 17.7 Å². The summed E-state index contributed by atoms with van der Waals surface area (Å²) >= 11 is 0. The van der Waals surface area contributed by atoms with Gasteiger partial charge in [0.25, 0.3) is 0 Å². The molecule has 0 aromatic rings. The van der Waals surface area contributed by atoms with Crippen LogP contribution in [0, 0.1) is 0 Å². The minimum Gasteiger partial charge on any atom is -0.463 e. The normalized spacial score (nSPS) is 8.55. The topological polar surface area (TPSA) is 69.7 Å². The third-order valence-corrected chi connectivity index (χ3v) is 0.832. The summed E-state index contributed by atoms with van der Waals surface area (Å²) in [5.74, 6) is -3.67. The maximum Gasteiger partial charge on any atom is 0.386 e. The number of carbonyl (C=O) groups is 3. The molecule has 0 saturated heterocycles. The highest BCUT2D eigenvalue weighted by molar-refractivity contribution is 6.60. The molecule has 0 aromatic heterocycles. The molecule has 0 rings (SSSR count). The van der Waals surface area contributed by atoms with Gasteiger partial charge in [-0.1, -0.05) is 0 Å². The molecule has 0 fully saturated rings. The van der Waals surface area contributed by atoms with Crippen LogP contribution in [0.15, 0.2) is 0 Å². The molecular formula is C6H8O5. The van der Waals surface area contributed by atoms with Gasteiger partial charge in [0.05, 0.1) is 13.7 Å². The number of carbonyl (C=O) groups excluding carboxylic acids is 3. The van der Waals surface area contributed by atoms with Gasteiger partial charge in [0, 0.05) is 0 Å². The molecule has 0 heterocycles. The summed E-state index contributed by atoms with van der Waals surface area (Å²) in [4.78, 5) is 31.3. The van der Waals surface area contributed by atoms with Crippen LogP contribution in [-0.4, -0.2) is 31.4 Å². The number of ketones is 1. The van der Waals surface area contributed by atoms with Gasteiger partial charge in [-0.25, -0.2) is 9.59 Å². The van der Waals surface area contributed by atoms with Crippen molar-refractivity contribution in [2.45, 2.75) is 6.92 Å². The summed E-state index contributed by atoms with van der Waals surface area (Å²) in [5, 5.41) is 0. The fourth-order valence-corrected chi connectivity index (χ4v) is 0.373. The van der Waals surface area contributed by atoms with E-state index in [4.69, 9.17) is 0 Å². The second-order valence-corrected chi connectivity index (χ2v) is 1.54. The largest absolute Gasteiger partial charge is 0.463 e. The monoisotopic (exact) mass is 160 g/mol. The van der Waals surface area contributed by atoms with E-state index < -0.39 is 17.7 Å². The van der Waals surface area contributed by atoms with Crippen molar-refractivity contribution in [3.63, 3.8) is 0 Å². The Hall–Kier alpha value is -1.39. The second-order valence-electron chi connectivity index (χ2n) is 1.54. The summed E-state index contributed by atoms with van der Waals surface area (Å²) < 4.78 is 8.23. The molecular weight excluding hydrogens is 152 g/mol. The number of ether oxygens (including phenoxy) is 2. The number of Topliss-reactive ketones (excluding diaryl/α,β-unsaturated/α-hetero) is 1. The quantitative estimate of drug-likeness (QED) is 0.310. The maximum absolute atomic E-state index is 10.5. The van der Waals surface area contributed by atoms with Crippen molar-refractivity contribution in [1.29, 1.82) is 0 Å². The highest BCUT2D eigenvalue weighted by Crippen LogP contribution is 1.83. The van der Waals surface area contributed by atoms with E-state index in [1.165, 1.54) is 6.92 Å². The van der Waals surface area contributed by atoms with Gasteiger partial charge in [0.15, 0.2) is 0 Å². The average Bonchev–Trinajstić information content (AvgIpc) is 2.02. The van der Waals surface area contributed by atoms with Gasteiger partial charge in [-0.05, 0) is 6.92 Å². The SMILES string of the molecule is CCOC(=O)C(=O)C(=O)OC. The van der Waals surface area contributed by atoms with Gasteiger partial charge in [-0.2, -0.15) is 0 Å². The zero-order valence-corrected chi connectivity index (χ0v) is 6.25. The average molecular weight is 160 g/mol. The van der Waals surface area contributed by atoms with Crippen LogP contribution in [0.2, 0.25) is 0 Å². The first kappa shape index (κ1) is 9.61. The lowest BCUT2D eigenvalue weighted by Crippen LogP contribution is -2.26. The van der Waals surface area contributed by atoms with Crippen LogP contribution in [0.5, 0.6) is 0 Å². The van der Waals surface area contributed by atoms with E-state index in [1.54, 1.807) is 0 Å². The minimum absolute atomic E-state index is 0.0571. The van der Waals surface area contributed by atoms with Crippen molar-refractivity contribution in [2.24, 2.45) is 0 Å². The van der Waals surface area contributed by atoms with E-state index in [1.807, 2.05) is 0 Å². The lowest BCUT2D eigenvalue weighted by Gasteiger charge is -1.97. The Kier molecular flexibility index (Phi) is 3.87. The first-order valence-corrected chi connectivity index (χ1v) is 2.92. The third kappa shape index (κ3) is 2.79. The van der Waals surface area contributed by atoms with Crippen molar-refractivity contribution in [3.05, 3.63) is 0 Å². The summed E-state index contributed by atoms with van der Waals surface area (Å²) in [6.45, 7) is 1.59. The highest BCUT2D eigenvalue weighted by Gasteiger charge is 2.24. The van der Waals surface area contributed by atoms with Crippen molar-refractivity contribution in [1.82, 2.24) is 0 Å². The van der Waals surface area contributed by atoms with Crippen LogP contribution >= 0.6 is 0 Å². The van der Waals surface area contributed by atoms with E-state index in [9.17, 15) is 14.4 Å². The molecule has 0 unspecified atom stereocenters. The predicted octanol–water partition coefficient (Wildman–Crippen LogP) is -0.708. The second kappa shape index (κ2) is 4.43. The number of esters is 2. The molecule has 0 aliphatic carbocycles. The van der Waals surface area contributed by atoms with E-state index in [0.717, 1.165) is 7.11 Å². The molecule has 0 spiro atoms. The Morgan fingerprint density at radius 1 is 1.18 bits per heavy atom. The van der Waals surface area contributed by atoms with Gasteiger partial charge in [-0.3, -0.25) is 4.79 Å². The Bertz CT molecular complexity index is 183. The van der Waals surface area contributed by atoms with Crippen LogP contribution in [0.25, 0.3) is 0 Å². The fraction of sp³-hybridized carbons (Fsp3) is 0.500. The molecule has 0 bridgehead atoms. The summed E-state index contributed by atoms with van der Waals surface area (Å²) in [6.07, 6.45) is 0. The molecule has 0 atom stereocenters. The van der Waals surface area contributed by atoms with Crippen molar-refractivity contribution >= 4 is 17.7 Å². The van der Waals surface area contributed by atoms with Crippen LogP contribution in [-0.2, 0) is 23.9 Å². The van der Waals surface area contributed by atoms with Gasteiger partial charge in [0.2, 0.25) is 0 Å². The molecule has 0 aliphatic rings. The van der Waals surface area contributed by atoms with E-state index in [0.29, 0.717) is 0 Å². The van der Waals surface area contributed by atoms with Gasteiger partial charge < -0.3 is 9.47 Å². The minimum atomic E-state index is -1.28. The highest BCUT2D eigenvalue weighted by atomic mass is 16.6. The number of hydrogen-bond donors (Lipinski definition) is 0. The van der Waals surface area contributed by atoms with Crippen LogP contribution < -0.4 is 0 Å². The zero-order chi connectivity index (χ0) is 8.85. The van der Waals surface area contributed by atoms with E-state index in [2.05, 4.69) is 9.47 Å². The van der Waals surface area contributed by atoms with E-state index in [-0.39, 0.29) is 6.61 Å². The van der Waals surface area contributed by atoms with Crippen LogP contribution in [0.3, 0.4) is 0 Å². The molecule has 0 aliphatic heterocycles. The van der Waals surface area contributed by atoms with Crippen LogP contribution in [0.4, 0.5) is 0 Å². The molecule has 5 nitrogen and oxygen atoms in total. The summed E-state index contributed by atoms with van der Waals surface area (Å²) in [5.41, 5.74) is 0. The maximum atomic E-state index is 10.5. The molecule has 11 heavy (non-hydrogen) atoms. The lowest BCUT2D eigenvalue weighted by atomic mass is 10.4. The molecule has 0 N–H and O–H groups in total. The number of hydrogen-bond acceptors (Lipinski definition) is 5. The number of rotatable bonds is 3. The first-order valence-electron chi connectivity index (χ1n) is 2.92. The molecule has 0 amide bonds. The third-order valence-electron chi connectivity index (χ3n) is 0.832. The molecule has 0 saturated carbocycles. The molecule has 5 heteroatoms. The Balaban J connectivity index is 4.03. The van der Waals surface area contributed by atoms with Crippen molar-refractivity contribution in [2.75, 3.05) is 13.7 Å². The molecule has 0 radical (unpaired) electrons. The standard InChI is InChI=1S/C6H8O5/c1-3-11-6(9)4(7)5(8)10-2/h3H2,1-2H3. The van der Waals surface area contributed by atoms with Crippen molar-refractivity contribution < 1.29 is 23.9 Å². The Labute approximate surface area is 63.3 Å². The number of methoxy groups -OCH3 is 1. The fourth-order valence-electron chi connectivity index (χ4n) is 0.373. The zero-order valence-electron chi connectivity index (χ0n) is 6.25. The summed E-state index contributed by atoms with van der Waals surface area (Å²) in [7, 11) is 1.01. The van der Waals surface area contributed by atoms with Gasteiger partial charge in [0.1, 0.15) is 0 Å². The first-order chi connectivity index (χ1) is 5.13.